The Bertz CT molecular complexity index is 22.6. The molecular formula is H17ClMg2O6. The molecule has 9 heavy (non-hydrogen) atoms. The van der Waals surface area contributed by atoms with E-state index in [4.69, 9.17) is 0 Å². The predicted octanol–water partition coefficient (Wildman–Crippen LogP) is -4.84. The van der Waals surface area contributed by atoms with E-state index in [9.17, 15) is 0 Å². The van der Waals surface area contributed by atoms with Crippen LogP contribution < -0.4 is 0 Å². The summed E-state index contributed by atoms with van der Waals surface area (Å²) < 4.78 is 0. The zero-order chi connectivity index (χ0) is 0. The third kappa shape index (κ3) is 220. The molecule has 9 heteroatoms. The van der Waals surface area contributed by atoms with Crippen molar-refractivity contribution >= 4 is 58.5 Å². The van der Waals surface area contributed by atoms with Crippen LogP contribution in [0, 0.1) is 0 Å². The molecule has 0 bridgehead atoms. The topological polar surface area (TPSA) is 189 Å². The van der Waals surface area contributed by atoms with E-state index in [1.807, 2.05) is 0 Å². The molecule has 0 amide bonds. The monoisotopic (exact) mass is 196 g/mol. The fourth-order valence-electron chi connectivity index (χ4n) is 0. The second kappa shape index (κ2) is 282. The molecule has 0 fully saturated rings. The molecule has 0 unspecified atom stereocenters. The molecule has 0 aromatic carbocycles. The van der Waals surface area contributed by atoms with Gasteiger partial charge in [0, 0.05) is 0 Å². The maximum Gasteiger partial charge on any atom is 2.00 e. The zero-order valence-corrected chi connectivity index (χ0v) is 8.47. The van der Waals surface area contributed by atoms with Crippen molar-refractivity contribution in [2.24, 2.45) is 0 Å². The first kappa shape index (κ1) is 388. The molecule has 0 aliphatic rings. The van der Waals surface area contributed by atoms with E-state index in [0.717, 1.165) is 0 Å². The zero-order valence-electron chi connectivity index (χ0n) is 8.82. The molecule has 0 rings (SSSR count). The molecule has 0 saturated carbocycles. The second-order valence-corrected chi connectivity index (χ2v) is 0. The van der Waals surface area contributed by atoms with Gasteiger partial charge in [0.25, 0.3) is 0 Å². The summed E-state index contributed by atoms with van der Waals surface area (Å²) >= 11 is 0. The van der Waals surface area contributed by atoms with Gasteiger partial charge in [-0.05, 0) is 0 Å². The molecule has 0 atom stereocenters. The normalized spacial score (nSPS) is 0. The van der Waals surface area contributed by atoms with E-state index in [2.05, 4.69) is 0 Å². The van der Waals surface area contributed by atoms with Gasteiger partial charge in [0.2, 0.25) is 0 Å². The van der Waals surface area contributed by atoms with Gasteiger partial charge >= 0.3 is 46.1 Å². The molecule has 0 aromatic rings. The summed E-state index contributed by atoms with van der Waals surface area (Å²) in [7, 11) is 0. The van der Waals surface area contributed by atoms with Crippen molar-refractivity contribution in [3.05, 3.63) is 0 Å². The second-order valence-electron chi connectivity index (χ2n) is 0. The SMILES string of the molecule is Cl.O.O.O.O.O.O.[H-].[H-].[H-].[H-].[Mg+2].[Mg+2]. The van der Waals surface area contributed by atoms with Gasteiger partial charge in [-0.15, -0.1) is 12.4 Å². The average Bonchev–Trinajstić information content (AvgIpc) is 0. The van der Waals surface area contributed by atoms with Crippen molar-refractivity contribution in [2.75, 3.05) is 0 Å². The number of hydrogen-bond donors (Lipinski definition) is 0. The Hall–Kier alpha value is 1.58. The summed E-state index contributed by atoms with van der Waals surface area (Å²) in [5.74, 6) is 0. The summed E-state index contributed by atoms with van der Waals surface area (Å²) in [6.07, 6.45) is 0. The summed E-state index contributed by atoms with van der Waals surface area (Å²) in [5.41, 5.74) is 0. The molecule has 0 saturated heterocycles. The van der Waals surface area contributed by atoms with Crippen LogP contribution in [-0.4, -0.2) is 79.0 Å². The molecule has 0 spiro atoms. The number of halogens is 1. The molecule has 12 N–H and O–H groups in total. The van der Waals surface area contributed by atoms with E-state index < -0.39 is 0 Å². The first-order valence-electron chi connectivity index (χ1n) is 0. The van der Waals surface area contributed by atoms with Gasteiger partial charge in [-0.3, -0.25) is 0 Å². The summed E-state index contributed by atoms with van der Waals surface area (Å²) in [6.45, 7) is 0. The minimum atomic E-state index is 0. The van der Waals surface area contributed by atoms with E-state index in [1.54, 1.807) is 0 Å². The van der Waals surface area contributed by atoms with Crippen LogP contribution in [0.3, 0.4) is 0 Å². The van der Waals surface area contributed by atoms with Crippen LogP contribution >= 0.6 is 12.4 Å². The standard InChI is InChI=1S/ClH.2Mg.6H2O.4H/h1H;;;6*1H2;;;;/q;2*+2;;;;;;;4*-1. The largest absolute Gasteiger partial charge is 2.00 e. The van der Waals surface area contributed by atoms with Gasteiger partial charge in [0.1, 0.15) is 0 Å². The first-order valence-corrected chi connectivity index (χ1v) is 0. The van der Waals surface area contributed by atoms with E-state index in [1.165, 1.54) is 0 Å². The number of rotatable bonds is 0. The van der Waals surface area contributed by atoms with Crippen molar-refractivity contribution < 1.29 is 38.6 Å². The maximum atomic E-state index is 0. The summed E-state index contributed by atoms with van der Waals surface area (Å²) in [4.78, 5) is 0. The smallest absolute Gasteiger partial charge is 1.00 e. The fraction of sp³-hybridized carbons (Fsp3) is 0. The van der Waals surface area contributed by atoms with E-state index >= 15 is 0 Å². The predicted molar refractivity (Wildman–Crippen MR) is 44.9 cm³/mol. The molecule has 6 nitrogen and oxygen atoms in total. The van der Waals surface area contributed by atoms with Gasteiger partial charge < -0.3 is 38.6 Å². The number of hydrogen-bond acceptors (Lipinski definition) is 0. The maximum absolute atomic E-state index is 0. The molecular weight excluding hydrogens is 180 g/mol. The quantitative estimate of drug-likeness (QED) is 0.337. The van der Waals surface area contributed by atoms with Gasteiger partial charge in [0.15, 0.2) is 0 Å². The van der Waals surface area contributed by atoms with Gasteiger partial charge in [-0.25, -0.2) is 0 Å². The molecule has 0 aromatic heterocycles. The van der Waals surface area contributed by atoms with Crippen LogP contribution in [0.15, 0.2) is 0 Å². The van der Waals surface area contributed by atoms with Crippen LogP contribution in [0.1, 0.15) is 5.71 Å². The third-order valence-electron chi connectivity index (χ3n) is 0. The molecule has 0 radical (unpaired) electrons. The Balaban J connectivity index is 0. The van der Waals surface area contributed by atoms with E-state index in [-0.39, 0.29) is 97.1 Å². The molecule has 64 valence electrons. The van der Waals surface area contributed by atoms with Crippen molar-refractivity contribution in [2.45, 2.75) is 0 Å². The third-order valence-corrected chi connectivity index (χ3v) is 0. The first-order chi connectivity index (χ1) is 0. The minimum absolute atomic E-state index is 0. The molecule has 0 heterocycles. The Morgan fingerprint density at radius 3 is 0.444 bits per heavy atom. The van der Waals surface area contributed by atoms with Crippen molar-refractivity contribution in [1.29, 1.82) is 0 Å². The molecule has 0 aliphatic heterocycles. The average molecular weight is 197 g/mol. The fourth-order valence-corrected chi connectivity index (χ4v) is 0. The van der Waals surface area contributed by atoms with Crippen LogP contribution in [0.4, 0.5) is 0 Å². The van der Waals surface area contributed by atoms with Crippen LogP contribution in [0.25, 0.3) is 0 Å². The van der Waals surface area contributed by atoms with Crippen LogP contribution in [-0.2, 0) is 0 Å². The van der Waals surface area contributed by atoms with Gasteiger partial charge in [-0.1, -0.05) is 0 Å². The molecule has 0 aliphatic carbocycles. The van der Waals surface area contributed by atoms with Crippen LogP contribution in [0.5, 0.6) is 0 Å². The van der Waals surface area contributed by atoms with Crippen molar-refractivity contribution in [1.82, 2.24) is 0 Å². The van der Waals surface area contributed by atoms with Crippen LogP contribution in [0.2, 0.25) is 0 Å². The minimum Gasteiger partial charge on any atom is -1.00 e. The Kier molecular flexibility index (Phi) is 12200. The van der Waals surface area contributed by atoms with Gasteiger partial charge in [0.05, 0.1) is 0 Å². The summed E-state index contributed by atoms with van der Waals surface area (Å²) in [6, 6.07) is 0. The van der Waals surface area contributed by atoms with Crippen molar-refractivity contribution in [3.63, 3.8) is 0 Å². The Morgan fingerprint density at radius 1 is 0.444 bits per heavy atom. The van der Waals surface area contributed by atoms with Crippen molar-refractivity contribution in [3.8, 4) is 0 Å². The Labute approximate surface area is 96.9 Å². The Morgan fingerprint density at radius 2 is 0.444 bits per heavy atom. The summed E-state index contributed by atoms with van der Waals surface area (Å²) in [5, 5.41) is 0. The van der Waals surface area contributed by atoms with E-state index in [0.29, 0.717) is 0 Å². The van der Waals surface area contributed by atoms with Gasteiger partial charge in [-0.2, -0.15) is 0 Å².